The molecule has 1 aliphatic rings. The van der Waals surface area contributed by atoms with E-state index in [0.717, 1.165) is 29.5 Å². The third-order valence-electron chi connectivity index (χ3n) is 4.03. The second-order valence-electron chi connectivity index (χ2n) is 5.82. The van der Waals surface area contributed by atoms with E-state index in [9.17, 15) is 0 Å². The van der Waals surface area contributed by atoms with Gasteiger partial charge in [-0.25, -0.2) is 0 Å². The molecule has 8 heteroatoms. The maximum absolute atomic E-state index is 5.86. The Morgan fingerprint density at radius 1 is 1.24 bits per heavy atom. The van der Waals surface area contributed by atoms with Gasteiger partial charge in [-0.2, -0.15) is 15.0 Å². The first-order chi connectivity index (χ1) is 12.2. The fourth-order valence-electron chi connectivity index (χ4n) is 2.75. The molecule has 132 valence electrons. The first-order valence-electron chi connectivity index (χ1n) is 8.42. The first-order valence-corrected chi connectivity index (χ1v) is 9.82. The number of anilines is 3. The van der Waals surface area contributed by atoms with E-state index < -0.39 is 0 Å². The molecule has 0 spiro atoms. The molecule has 25 heavy (non-hydrogen) atoms. The molecule has 0 atom stereocenters. The Hall–Kier alpha value is -1.93. The summed E-state index contributed by atoms with van der Waals surface area (Å²) in [7, 11) is 0. The SMILES string of the molecule is CCc1ccccc1Nc1nc(N)nc(CSC(=S)N2CCCC2)n1. The van der Waals surface area contributed by atoms with Crippen LogP contribution in [0.25, 0.3) is 0 Å². The van der Waals surface area contributed by atoms with Crippen LogP contribution in [-0.2, 0) is 12.2 Å². The third-order valence-corrected chi connectivity index (χ3v) is 5.55. The molecule has 0 amide bonds. The van der Waals surface area contributed by atoms with Crippen molar-refractivity contribution in [1.29, 1.82) is 0 Å². The van der Waals surface area contributed by atoms with Crippen molar-refractivity contribution in [3.05, 3.63) is 35.7 Å². The van der Waals surface area contributed by atoms with Gasteiger partial charge in [0.1, 0.15) is 10.1 Å². The van der Waals surface area contributed by atoms with Gasteiger partial charge in [0.2, 0.25) is 11.9 Å². The molecule has 0 radical (unpaired) electrons. The van der Waals surface area contributed by atoms with Crippen LogP contribution in [-0.4, -0.2) is 37.3 Å². The molecule has 0 aliphatic carbocycles. The third kappa shape index (κ3) is 4.79. The van der Waals surface area contributed by atoms with E-state index in [1.165, 1.54) is 18.4 Å². The van der Waals surface area contributed by atoms with Gasteiger partial charge >= 0.3 is 0 Å². The number of likely N-dealkylation sites (tertiary alicyclic amines) is 1. The number of nitrogens with one attached hydrogen (secondary N) is 1. The Bertz CT molecular complexity index is 746. The van der Waals surface area contributed by atoms with Crippen molar-refractivity contribution in [3.63, 3.8) is 0 Å². The molecule has 6 nitrogen and oxygen atoms in total. The zero-order valence-electron chi connectivity index (χ0n) is 14.2. The highest BCUT2D eigenvalue weighted by Crippen LogP contribution is 2.22. The van der Waals surface area contributed by atoms with Crippen LogP contribution in [0.2, 0.25) is 0 Å². The summed E-state index contributed by atoms with van der Waals surface area (Å²) in [5, 5.41) is 3.25. The monoisotopic (exact) mass is 374 g/mol. The van der Waals surface area contributed by atoms with Crippen LogP contribution >= 0.6 is 24.0 Å². The van der Waals surface area contributed by atoms with E-state index >= 15 is 0 Å². The number of benzene rings is 1. The molecule has 0 saturated carbocycles. The molecule has 1 aromatic carbocycles. The number of para-hydroxylation sites is 1. The average molecular weight is 375 g/mol. The highest BCUT2D eigenvalue weighted by molar-refractivity contribution is 8.22. The van der Waals surface area contributed by atoms with Crippen LogP contribution in [0, 0.1) is 0 Å². The lowest BCUT2D eigenvalue weighted by atomic mass is 10.1. The number of hydrogen-bond acceptors (Lipinski definition) is 7. The fraction of sp³-hybridized carbons (Fsp3) is 0.412. The van der Waals surface area contributed by atoms with Gasteiger partial charge in [-0.3, -0.25) is 0 Å². The summed E-state index contributed by atoms with van der Waals surface area (Å²) < 4.78 is 0.905. The average Bonchev–Trinajstić information content (AvgIpc) is 3.14. The molecule has 2 heterocycles. The lowest BCUT2D eigenvalue weighted by Gasteiger charge is -2.17. The smallest absolute Gasteiger partial charge is 0.232 e. The lowest BCUT2D eigenvalue weighted by molar-refractivity contribution is 0.539. The van der Waals surface area contributed by atoms with Crippen molar-refractivity contribution < 1.29 is 0 Å². The number of aryl methyl sites for hydroxylation is 1. The summed E-state index contributed by atoms with van der Waals surface area (Å²) in [4.78, 5) is 15.2. The van der Waals surface area contributed by atoms with Crippen molar-refractivity contribution >= 4 is 45.9 Å². The highest BCUT2D eigenvalue weighted by atomic mass is 32.2. The highest BCUT2D eigenvalue weighted by Gasteiger charge is 2.16. The molecule has 3 rings (SSSR count). The quantitative estimate of drug-likeness (QED) is 0.771. The number of nitrogens with zero attached hydrogens (tertiary/aromatic N) is 4. The van der Waals surface area contributed by atoms with E-state index in [1.54, 1.807) is 11.8 Å². The van der Waals surface area contributed by atoms with E-state index in [4.69, 9.17) is 18.0 Å². The minimum atomic E-state index is 0.217. The summed E-state index contributed by atoms with van der Waals surface area (Å²) in [6.45, 7) is 4.21. The van der Waals surface area contributed by atoms with Gasteiger partial charge in [0.05, 0.1) is 5.75 Å². The number of nitrogen functional groups attached to an aromatic ring is 1. The van der Waals surface area contributed by atoms with Crippen molar-refractivity contribution in [2.45, 2.75) is 31.9 Å². The van der Waals surface area contributed by atoms with Crippen LogP contribution in [0.1, 0.15) is 31.2 Å². The first kappa shape index (κ1) is 17.9. The van der Waals surface area contributed by atoms with Crippen molar-refractivity contribution in [1.82, 2.24) is 19.9 Å². The standard InChI is InChI=1S/C17H22N6S2/c1-2-12-7-3-4-8-13(12)19-16-21-14(20-15(18)22-16)11-25-17(24)23-9-5-6-10-23/h3-4,7-8H,2,5-6,9-11H2,1H3,(H3,18,19,20,21,22). The fourth-order valence-corrected chi connectivity index (χ4v) is 3.85. The number of aromatic nitrogens is 3. The topological polar surface area (TPSA) is 80.0 Å². The van der Waals surface area contributed by atoms with Crippen LogP contribution in [0.5, 0.6) is 0 Å². The zero-order valence-corrected chi connectivity index (χ0v) is 15.9. The van der Waals surface area contributed by atoms with Gasteiger partial charge in [-0.05, 0) is 30.9 Å². The summed E-state index contributed by atoms with van der Waals surface area (Å²) >= 11 is 7.07. The Balaban J connectivity index is 1.68. The summed E-state index contributed by atoms with van der Waals surface area (Å²) in [6.07, 6.45) is 3.35. The molecule has 0 bridgehead atoms. The summed E-state index contributed by atoms with van der Waals surface area (Å²) in [5.74, 6) is 1.91. The van der Waals surface area contributed by atoms with Crippen molar-refractivity contribution in [2.24, 2.45) is 0 Å². The number of nitrogens with two attached hydrogens (primary N) is 1. The van der Waals surface area contributed by atoms with E-state index in [-0.39, 0.29) is 5.95 Å². The van der Waals surface area contributed by atoms with Crippen LogP contribution in [0.3, 0.4) is 0 Å². The molecule has 1 saturated heterocycles. The Kier molecular flexibility index (Phi) is 6.04. The largest absolute Gasteiger partial charge is 0.368 e. The Labute approximate surface area is 157 Å². The number of hydrogen-bond donors (Lipinski definition) is 2. The molecule has 2 aromatic rings. The second-order valence-corrected chi connectivity index (χ2v) is 7.43. The van der Waals surface area contributed by atoms with Gasteiger partial charge in [0.25, 0.3) is 0 Å². The molecule has 0 unspecified atom stereocenters. The van der Waals surface area contributed by atoms with Gasteiger partial charge < -0.3 is 16.0 Å². The van der Waals surface area contributed by atoms with E-state index in [0.29, 0.717) is 17.5 Å². The predicted molar refractivity (Wildman–Crippen MR) is 108 cm³/mol. The van der Waals surface area contributed by atoms with E-state index in [2.05, 4.69) is 38.2 Å². The van der Waals surface area contributed by atoms with E-state index in [1.807, 2.05) is 18.2 Å². The molecule has 3 N–H and O–H groups in total. The summed E-state index contributed by atoms with van der Waals surface area (Å²) in [5.41, 5.74) is 8.05. The normalized spacial score (nSPS) is 13.9. The van der Waals surface area contributed by atoms with Crippen LogP contribution in [0.15, 0.2) is 24.3 Å². The minimum absolute atomic E-state index is 0.217. The lowest BCUT2D eigenvalue weighted by Crippen LogP contribution is -2.23. The number of thioether (sulfide) groups is 1. The minimum Gasteiger partial charge on any atom is -0.368 e. The maximum Gasteiger partial charge on any atom is 0.232 e. The summed E-state index contributed by atoms with van der Waals surface area (Å²) in [6, 6.07) is 8.10. The van der Waals surface area contributed by atoms with Crippen molar-refractivity contribution in [2.75, 3.05) is 24.1 Å². The van der Waals surface area contributed by atoms with Gasteiger partial charge in [-0.15, -0.1) is 0 Å². The number of rotatable bonds is 5. The number of thiocarbonyl (C=S) groups is 1. The van der Waals surface area contributed by atoms with Gasteiger partial charge in [0, 0.05) is 18.8 Å². The van der Waals surface area contributed by atoms with Crippen molar-refractivity contribution in [3.8, 4) is 0 Å². The maximum atomic E-state index is 5.86. The van der Waals surface area contributed by atoms with Crippen LogP contribution < -0.4 is 11.1 Å². The Morgan fingerprint density at radius 2 is 2.00 bits per heavy atom. The molecular weight excluding hydrogens is 352 g/mol. The van der Waals surface area contributed by atoms with Gasteiger partial charge in [0.15, 0.2) is 0 Å². The predicted octanol–water partition coefficient (Wildman–Crippen LogP) is 3.37. The second kappa shape index (κ2) is 8.44. The van der Waals surface area contributed by atoms with Gasteiger partial charge in [-0.1, -0.05) is 49.1 Å². The molecule has 1 aromatic heterocycles. The molecular formula is C17H22N6S2. The Morgan fingerprint density at radius 3 is 2.76 bits per heavy atom. The molecule has 1 aliphatic heterocycles. The molecule has 1 fully saturated rings. The van der Waals surface area contributed by atoms with Crippen LogP contribution in [0.4, 0.5) is 17.6 Å². The zero-order chi connectivity index (χ0) is 17.6.